The summed E-state index contributed by atoms with van der Waals surface area (Å²) < 4.78 is 0. The number of carbonyl (C=O) groups excluding carboxylic acids is 1. The van der Waals surface area contributed by atoms with E-state index >= 15 is 0 Å². The van der Waals surface area contributed by atoms with Crippen molar-refractivity contribution in [1.29, 1.82) is 0 Å². The van der Waals surface area contributed by atoms with Crippen LogP contribution in [-0.4, -0.2) is 76.6 Å². The van der Waals surface area contributed by atoms with Crippen molar-refractivity contribution in [2.45, 2.75) is 44.7 Å². The van der Waals surface area contributed by atoms with E-state index in [0.29, 0.717) is 6.54 Å². The summed E-state index contributed by atoms with van der Waals surface area (Å²) in [5.41, 5.74) is 0. The molecule has 2 atom stereocenters. The molecule has 6 heteroatoms. The highest BCUT2D eigenvalue weighted by molar-refractivity contribution is 5.83. The highest BCUT2D eigenvalue weighted by Crippen LogP contribution is 2.28. The average Bonchev–Trinajstić information content (AvgIpc) is 3.30. The van der Waals surface area contributed by atoms with Gasteiger partial charge in [0.15, 0.2) is 0 Å². The van der Waals surface area contributed by atoms with Crippen molar-refractivity contribution in [3.05, 3.63) is 0 Å². The van der Waals surface area contributed by atoms with Gasteiger partial charge in [0.25, 0.3) is 0 Å². The minimum atomic E-state index is -0.868. The number of carboxylic acid groups (broad SMARTS) is 1. The molecular weight excluding hydrogens is 270 g/mol. The summed E-state index contributed by atoms with van der Waals surface area (Å²) in [6.45, 7) is 5.82. The third kappa shape index (κ3) is 3.00. The number of rotatable bonds is 2. The molecule has 0 aromatic heterocycles. The lowest BCUT2D eigenvalue weighted by atomic mass is 9.91. The quantitative estimate of drug-likeness (QED) is 0.828. The fourth-order valence-corrected chi connectivity index (χ4v) is 3.68. The van der Waals surface area contributed by atoms with Crippen LogP contribution in [0.2, 0.25) is 0 Å². The van der Waals surface area contributed by atoms with Crippen LogP contribution in [0.5, 0.6) is 0 Å². The van der Waals surface area contributed by atoms with E-state index in [2.05, 4.69) is 4.90 Å². The number of hydrogen-bond donors (Lipinski definition) is 1. The first-order valence-electron chi connectivity index (χ1n) is 8.10. The summed E-state index contributed by atoms with van der Waals surface area (Å²) in [6, 6.07) is 0.00105. The van der Waals surface area contributed by atoms with Crippen LogP contribution in [0, 0.1) is 5.92 Å². The molecule has 2 saturated heterocycles. The van der Waals surface area contributed by atoms with E-state index in [1.54, 1.807) is 4.90 Å². The number of amides is 2. The molecule has 0 spiro atoms. The van der Waals surface area contributed by atoms with E-state index in [0.717, 1.165) is 45.1 Å². The average molecular weight is 295 g/mol. The molecule has 3 rings (SSSR count). The first-order chi connectivity index (χ1) is 10.1. The fourth-order valence-electron chi connectivity index (χ4n) is 3.68. The summed E-state index contributed by atoms with van der Waals surface area (Å²) in [7, 11) is 0. The van der Waals surface area contributed by atoms with E-state index < -0.39 is 12.0 Å². The van der Waals surface area contributed by atoms with Crippen molar-refractivity contribution in [1.82, 2.24) is 14.7 Å². The Kier molecular flexibility index (Phi) is 4.06. The van der Waals surface area contributed by atoms with E-state index in [9.17, 15) is 14.7 Å². The van der Waals surface area contributed by atoms with E-state index in [1.807, 2.05) is 11.8 Å². The van der Waals surface area contributed by atoms with Crippen molar-refractivity contribution in [3.63, 3.8) is 0 Å². The summed E-state index contributed by atoms with van der Waals surface area (Å²) in [4.78, 5) is 30.0. The molecular formula is C15H25N3O3. The maximum absolute atomic E-state index is 12.7. The highest BCUT2D eigenvalue weighted by Gasteiger charge is 2.40. The normalized spacial score (nSPS) is 31.3. The minimum Gasteiger partial charge on any atom is -0.480 e. The third-order valence-electron chi connectivity index (χ3n) is 5.08. The highest BCUT2D eigenvalue weighted by atomic mass is 16.4. The van der Waals surface area contributed by atoms with Crippen LogP contribution >= 0.6 is 0 Å². The molecule has 2 unspecified atom stereocenters. The Morgan fingerprint density at radius 2 is 1.67 bits per heavy atom. The smallest absolute Gasteiger partial charge is 0.326 e. The molecule has 0 radical (unpaired) electrons. The fraction of sp³-hybridized carbons (Fsp3) is 0.867. The molecule has 118 valence electrons. The van der Waals surface area contributed by atoms with Crippen molar-refractivity contribution in [3.8, 4) is 0 Å². The van der Waals surface area contributed by atoms with E-state index in [-0.39, 0.29) is 11.9 Å². The number of carboxylic acids is 1. The number of nitrogens with zero attached hydrogens (tertiary/aromatic N) is 3. The lowest BCUT2D eigenvalue weighted by molar-refractivity contribution is -0.145. The number of urea groups is 1. The minimum absolute atomic E-state index is 0.0351. The van der Waals surface area contributed by atoms with Crippen molar-refractivity contribution < 1.29 is 14.7 Å². The van der Waals surface area contributed by atoms with E-state index in [4.69, 9.17) is 0 Å². The Labute approximate surface area is 125 Å². The van der Waals surface area contributed by atoms with Crippen molar-refractivity contribution >= 4 is 12.0 Å². The molecule has 21 heavy (non-hydrogen) atoms. The number of hydrogen-bond acceptors (Lipinski definition) is 3. The van der Waals surface area contributed by atoms with Crippen molar-refractivity contribution in [2.75, 3.05) is 32.7 Å². The van der Waals surface area contributed by atoms with Gasteiger partial charge in [-0.1, -0.05) is 6.92 Å². The Balaban J connectivity index is 1.62. The molecule has 2 aliphatic heterocycles. The number of piperidine rings is 1. The predicted molar refractivity (Wildman–Crippen MR) is 78.1 cm³/mol. The van der Waals surface area contributed by atoms with Gasteiger partial charge in [-0.15, -0.1) is 0 Å². The van der Waals surface area contributed by atoms with Crippen molar-refractivity contribution in [2.24, 2.45) is 5.92 Å². The largest absolute Gasteiger partial charge is 0.480 e. The van der Waals surface area contributed by atoms with Crippen LogP contribution in [0.4, 0.5) is 4.79 Å². The summed E-state index contributed by atoms with van der Waals surface area (Å²) in [5, 5.41) is 9.43. The van der Waals surface area contributed by atoms with Gasteiger partial charge in [-0.25, -0.2) is 9.59 Å². The lowest BCUT2D eigenvalue weighted by Crippen LogP contribution is -2.59. The molecule has 0 aromatic rings. The standard InChI is InChI=1S/C15H25N3O3/c1-11-3-2-6-18(13(11)14(19)20)15(21)17-9-7-16(8-10-17)12-4-5-12/h11-13H,2-10H2,1H3,(H,19,20). The molecule has 3 aliphatic rings. The zero-order valence-electron chi connectivity index (χ0n) is 12.7. The van der Waals surface area contributed by atoms with Crippen LogP contribution in [-0.2, 0) is 4.79 Å². The van der Waals surface area contributed by atoms with Gasteiger partial charge in [-0.05, 0) is 31.6 Å². The Hall–Kier alpha value is -1.30. The summed E-state index contributed by atoms with van der Waals surface area (Å²) in [6.07, 6.45) is 4.37. The van der Waals surface area contributed by atoms with Gasteiger partial charge in [-0.2, -0.15) is 0 Å². The molecule has 2 heterocycles. The van der Waals surface area contributed by atoms with Gasteiger partial charge in [-0.3, -0.25) is 4.90 Å². The van der Waals surface area contributed by atoms with Gasteiger partial charge in [0.1, 0.15) is 6.04 Å². The zero-order valence-corrected chi connectivity index (χ0v) is 12.7. The monoisotopic (exact) mass is 295 g/mol. The second kappa shape index (κ2) is 5.83. The Morgan fingerprint density at radius 1 is 1.00 bits per heavy atom. The first kappa shape index (κ1) is 14.6. The predicted octanol–water partition coefficient (Wildman–Crippen LogP) is 1.07. The van der Waals surface area contributed by atoms with Crippen LogP contribution in [0.25, 0.3) is 0 Å². The molecule has 1 N–H and O–H groups in total. The zero-order chi connectivity index (χ0) is 15.0. The van der Waals surface area contributed by atoms with Gasteiger partial charge >= 0.3 is 12.0 Å². The molecule has 6 nitrogen and oxygen atoms in total. The number of piperazine rings is 1. The van der Waals surface area contributed by atoms with Gasteiger partial charge in [0.2, 0.25) is 0 Å². The molecule has 0 aromatic carbocycles. The maximum atomic E-state index is 12.7. The summed E-state index contributed by atoms with van der Waals surface area (Å²) >= 11 is 0. The number of carbonyl (C=O) groups is 2. The van der Waals surface area contributed by atoms with Crippen LogP contribution < -0.4 is 0 Å². The second-order valence-corrected chi connectivity index (χ2v) is 6.63. The number of likely N-dealkylation sites (tertiary alicyclic amines) is 1. The molecule has 1 saturated carbocycles. The molecule has 1 aliphatic carbocycles. The van der Waals surface area contributed by atoms with Gasteiger partial charge in [0, 0.05) is 38.8 Å². The third-order valence-corrected chi connectivity index (χ3v) is 5.08. The maximum Gasteiger partial charge on any atom is 0.326 e. The lowest BCUT2D eigenvalue weighted by Gasteiger charge is -2.42. The van der Waals surface area contributed by atoms with Crippen LogP contribution in [0.3, 0.4) is 0 Å². The molecule has 0 bridgehead atoms. The van der Waals surface area contributed by atoms with Gasteiger partial charge in [0.05, 0.1) is 0 Å². The Bertz CT molecular complexity index is 416. The SMILES string of the molecule is CC1CCCN(C(=O)N2CCN(C3CC3)CC2)C1C(=O)O. The number of aliphatic carboxylic acids is 1. The van der Waals surface area contributed by atoms with E-state index in [1.165, 1.54) is 12.8 Å². The Morgan fingerprint density at radius 3 is 2.24 bits per heavy atom. The van der Waals surface area contributed by atoms with Crippen LogP contribution in [0.1, 0.15) is 32.6 Å². The molecule has 2 amide bonds. The van der Waals surface area contributed by atoms with Crippen LogP contribution in [0.15, 0.2) is 0 Å². The molecule has 3 fully saturated rings. The summed E-state index contributed by atoms with van der Waals surface area (Å²) in [5.74, 6) is -0.833. The topological polar surface area (TPSA) is 64.1 Å². The first-order valence-corrected chi connectivity index (χ1v) is 8.10. The van der Waals surface area contributed by atoms with Gasteiger partial charge < -0.3 is 14.9 Å². The second-order valence-electron chi connectivity index (χ2n) is 6.63.